The summed E-state index contributed by atoms with van der Waals surface area (Å²) in [5, 5.41) is 0. The summed E-state index contributed by atoms with van der Waals surface area (Å²) in [7, 11) is 4.34. The van der Waals surface area contributed by atoms with Crippen molar-refractivity contribution in [1.82, 2.24) is 19.4 Å². The first-order valence-corrected chi connectivity index (χ1v) is 7.66. The van der Waals surface area contributed by atoms with Crippen LogP contribution < -0.4 is 5.73 Å². The molecule has 1 aliphatic heterocycles. The zero-order chi connectivity index (χ0) is 14.7. The number of likely N-dealkylation sites (N-methyl/N-ethyl adjacent to an activating group) is 1. The Labute approximate surface area is 122 Å². The van der Waals surface area contributed by atoms with Gasteiger partial charge in [0.15, 0.2) is 0 Å². The topological polar surface area (TPSA) is 50.3 Å². The van der Waals surface area contributed by atoms with Gasteiger partial charge in [0.1, 0.15) is 0 Å². The van der Waals surface area contributed by atoms with E-state index < -0.39 is 0 Å². The van der Waals surface area contributed by atoms with Gasteiger partial charge in [-0.05, 0) is 47.3 Å². The summed E-state index contributed by atoms with van der Waals surface area (Å²) in [6, 6.07) is 1.34. The Hall–Kier alpha value is -0.910. The van der Waals surface area contributed by atoms with Crippen LogP contribution in [0.3, 0.4) is 0 Å². The van der Waals surface area contributed by atoms with E-state index in [1.807, 2.05) is 12.5 Å². The maximum Gasteiger partial charge on any atom is 0.0951 e. The monoisotopic (exact) mass is 279 g/mol. The molecule has 1 aromatic rings. The third-order valence-electron chi connectivity index (χ3n) is 4.42. The van der Waals surface area contributed by atoms with Crippen molar-refractivity contribution in [2.75, 3.05) is 33.7 Å². The van der Waals surface area contributed by atoms with Crippen LogP contribution in [0.15, 0.2) is 12.5 Å². The molecule has 1 aromatic heterocycles. The molecule has 0 radical (unpaired) electrons. The molecule has 0 amide bonds. The third kappa shape index (κ3) is 3.22. The number of nitrogens with zero attached hydrogens (tertiary/aromatic N) is 4. The van der Waals surface area contributed by atoms with E-state index in [1.165, 1.54) is 18.5 Å². The minimum absolute atomic E-state index is 0.280. The first-order chi connectivity index (χ1) is 9.54. The molecular formula is C15H29N5. The minimum Gasteiger partial charge on any atom is -0.331 e. The highest BCUT2D eigenvalue weighted by atomic mass is 15.2. The van der Waals surface area contributed by atoms with Gasteiger partial charge in [0.25, 0.3) is 0 Å². The second kappa shape index (κ2) is 6.70. The standard InChI is InChI=1S/C15H29N5/c1-12(2)20-11-17-9-15(20)14(8-16)19-7-5-6-13(10-19)18(3)4/h9,11-14H,5-8,10,16H2,1-4H3. The van der Waals surface area contributed by atoms with Gasteiger partial charge in [-0.2, -0.15) is 0 Å². The molecule has 2 N–H and O–H groups in total. The fourth-order valence-electron chi connectivity index (χ4n) is 3.15. The lowest BCUT2D eigenvalue weighted by Gasteiger charge is -2.40. The van der Waals surface area contributed by atoms with E-state index in [4.69, 9.17) is 5.73 Å². The third-order valence-corrected chi connectivity index (χ3v) is 4.42. The van der Waals surface area contributed by atoms with Crippen LogP contribution in [-0.2, 0) is 0 Å². The molecule has 2 atom stereocenters. The Balaban J connectivity index is 2.17. The van der Waals surface area contributed by atoms with Crippen molar-refractivity contribution in [3.8, 4) is 0 Å². The number of piperidine rings is 1. The summed E-state index contributed by atoms with van der Waals surface area (Å²) >= 11 is 0. The van der Waals surface area contributed by atoms with Gasteiger partial charge >= 0.3 is 0 Å². The molecule has 1 saturated heterocycles. The van der Waals surface area contributed by atoms with E-state index in [2.05, 4.69) is 47.3 Å². The van der Waals surface area contributed by atoms with Crippen molar-refractivity contribution in [1.29, 1.82) is 0 Å². The predicted octanol–water partition coefficient (Wildman–Crippen LogP) is 1.49. The molecule has 0 spiro atoms. The zero-order valence-corrected chi connectivity index (χ0v) is 13.3. The summed E-state index contributed by atoms with van der Waals surface area (Å²) in [6.45, 7) is 7.27. The van der Waals surface area contributed by atoms with Crippen LogP contribution in [0.4, 0.5) is 0 Å². The van der Waals surface area contributed by atoms with Gasteiger partial charge in [0.05, 0.1) is 18.1 Å². The lowest BCUT2D eigenvalue weighted by molar-refractivity contribution is 0.0949. The molecule has 0 aromatic carbocycles. The number of nitrogens with two attached hydrogens (primary N) is 1. The second-order valence-corrected chi connectivity index (χ2v) is 6.33. The average molecular weight is 279 g/mol. The van der Waals surface area contributed by atoms with Gasteiger partial charge < -0.3 is 15.2 Å². The lowest BCUT2D eigenvalue weighted by Crippen LogP contribution is -2.48. The molecule has 20 heavy (non-hydrogen) atoms. The van der Waals surface area contributed by atoms with Crippen LogP contribution in [0.2, 0.25) is 0 Å². The van der Waals surface area contributed by atoms with Gasteiger partial charge in [0, 0.05) is 31.4 Å². The fraction of sp³-hybridized carbons (Fsp3) is 0.800. The summed E-state index contributed by atoms with van der Waals surface area (Å²) in [5.74, 6) is 0. The van der Waals surface area contributed by atoms with Crippen molar-refractivity contribution in [2.24, 2.45) is 5.73 Å². The Bertz CT molecular complexity index is 412. The predicted molar refractivity (Wildman–Crippen MR) is 82.7 cm³/mol. The van der Waals surface area contributed by atoms with E-state index in [9.17, 15) is 0 Å². The smallest absolute Gasteiger partial charge is 0.0951 e. The lowest BCUT2D eigenvalue weighted by atomic mass is 10.0. The molecule has 1 aliphatic rings. The highest BCUT2D eigenvalue weighted by Gasteiger charge is 2.29. The van der Waals surface area contributed by atoms with Crippen molar-refractivity contribution in [3.63, 3.8) is 0 Å². The number of hydrogen-bond donors (Lipinski definition) is 1. The maximum absolute atomic E-state index is 6.09. The Morgan fingerprint density at radius 3 is 2.80 bits per heavy atom. The SMILES string of the molecule is CC(C)n1cncc1C(CN)N1CCCC(N(C)C)C1. The molecule has 5 heteroatoms. The average Bonchev–Trinajstić information content (AvgIpc) is 2.89. The van der Waals surface area contributed by atoms with Gasteiger partial charge in [-0.1, -0.05) is 0 Å². The molecule has 0 saturated carbocycles. The number of likely N-dealkylation sites (tertiary alicyclic amines) is 1. The quantitative estimate of drug-likeness (QED) is 0.887. The second-order valence-electron chi connectivity index (χ2n) is 6.33. The molecule has 1 fully saturated rings. The first kappa shape index (κ1) is 15.5. The number of rotatable bonds is 5. The largest absolute Gasteiger partial charge is 0.331 e. The van der Waals surface area contributed by atoms with Crippen LogP contribution >= 0.6 is 0 Å². The summed E-state index contributed by atoms with van der Waals surface area (Å²) in [5.41, 5.74) is 7.34. The normalized spacial score (nSPS) is 22.6. The molecule has 114 valence electrons. The van der Waals surface area contributed by atoms with E-state index in [-0.39, 0.29) is 6.04 Å². The van der Waals surface area contributed by atoms with Crippen LogP contribution in [0, 0.1) is 0 Å². The van der Waals surface area contributed by atoms with Crippen LogP contribution in [0.5, 0.6) is 0 Å². The molecule has 0 bridgehead atoms. The molecule has 2 rings (SSSR count). The van der Waals surface area contributed by atoms with Crippen LogP contribution in [0.25, 0.3) is 0 Å². The summed E-state index contributed by atoms with van der Waals surface area (Å²) < 4.78 is 2.25. The van der Waals surface area contributed by atoms with E-state index >= 15 is 0 Å². The zero-order valence-electron chi connectivity index (χ0n) is 13.3. The summed E-state index contributed by atoms with van der Waals surface area (Å²) in [6.07, 6.45) is 6.44. The number of imidazole rings is 1. The number of aromatic nitrogens is 2. The van der Waals surface area contributed by atoms with Gasteiger partial charge in [0.2, 0.25) is 0 Å². The highest BCUT2D eigenvalue weighted by Crippen LogP contribution is 2.26. The first-order valence-electron chi connectivity index (χ1n) is 7.66. The van der Waals surface area contributed by atoms with Crippen molar-refractivity contribution >= 4 is 0 Å². The molecule has 5 nitrogen and oxygen atoms in total. The van der Waals surface area contributed by atoms with Crippen LogP contribution in [-0.4, -0.2) is 59.1 Å². The fourth-order valence-corrected chi connectivity index (χ4v) is 3.15. The Kier molecular flexibility index (Phi) is 5.18. The maximum atomic E-state index is 6.09. The van der Waals surface area contributed by atoms with E-state index in [1.54, 1.807) is 0 Å². The van der Waals surface area contributed by atoms with Crippen molar-refractivity contribution in [3.05, 3.63) is 18.2 Å². The van der Waals surface area contributed by atoms with E-state index in [0.29, 0.717) is 18.6 Å². The van der Waals surface area contributed by atoms with Crippen molar-refractivity contribution < 1.29 is 0 Å². The van der Waals surface area contributed by atoms with Crippen molar-refractivity contribution in [2.45, 2.75) is 44.8 Å². The van der Waals surface area contributed by atoms with Gasteiger partial charge in [-0.3, -0.25) is 4.90 Å². The Morgan fingerprint density at radius 1 is 1.45 bits per heavy atom. The molecule has 0 aliphatic carbocycles. The molecular weight excluding hydrogens is 250 g/mol. The van der Waals surface area contributed by atoms with Crippen LogP contribution in [0.1, 0.15) is 44.5 Å². The highest BCUT2D eigenvalue weighted by molar-refractivity contribution is 5.08. The Morgan fingerprint density at radius 2 is 2.20 bits per heavy atom. The molecule has 2 unspecified atom stereocenters. The minimum atomic E-state index is 0.280. The number of hydrogen-bond acceptors (Lipinski definition) is 4. The molecule has 2 heterocycles. The van der Waals surface area contributed by atoms with Gasteiger partial charge in [-0.25, -0.2) is 4.98 Å². The summed E-state index contributed by atoms with van der Waals surface area (Å²) in [4.78, 5) is 9.20. The van der Waals surface area contributed by atoms with Gasteiger partial charge in [-0.15, -0.1) is 0 Å². The van der Waals surface area contributed by atoms with E-state index in [0.717, 1.165) is 13.1 Å².